The van der Waals surface area contributed by atoms with Crippen molar-refractivity contribution in [1.82, 2.24) is 0 Å². The summed E-state index contributed by atoms with van der Waals surface area (Å²) in [6, 6.07) is 0. The fraction of sp³-hybridized carbons (Fsp3) is 1.00. The molecule has 0 aromatic carbocycles. The second kappa shape index (κ2) is 26.4. The van der Waals surface area contributed by atoms with Crippen LogP contribution in [-0.2, 0) is 18.3 Å². The fourth-order valence-electron chi connectivity index (χ4n) is 4.31. The molecule has 0 saturated carbocycles. The van der Waals surface area contributed by atoms with Crippen molar-refractivity contribution in [3.63, 3.8) is 0 Å². The minimum Gasteiger partial charge on any atom is -0.285 e. The predicted molar refractivity (Wildman–Crippen MR) is 146 cm³/mol. The van der Waals surface area contributed by atoms with E-state index in [0.29, 0.717) is 24.8 Å². The molecule has 34 heavy (non-hydrogen) atoms. The average Bonchev–Trinajstić information content (AvgIpc) is 2.84. The van der Waals surface area contributed by atoms with Crippen LogP contribution in [0, 0.1) is 5.92 Å². The van der Waals surface area contributed by atoms with Crippen molar-refractivity contribution in [2.75, 3.05) is 19.1 Å². The van der Waals surface area contributed by atoms with Gasteiger partial charge in [-0.05, 0) is 25.2 Å². The van der Waals surface area contributed by atoms with Crippen LogP contribution < -0.4 is 0 Å². The molecule has 0 aliphatic carbocycles. The fourth-order valence-corrected chi connectivity index (χ4v) is 5.33. The molecule has 2 atom stereocenters. The summed E-state index contributed by atoms with van der Waals surface area (Å²) >= 11 is 5.64. The van der Waals surface area contributed by atoms with E-state index in [1.54, 1.807) is 0 Å². The number of hydrogen-bond donors (Lipinski definition) is 1. The molecule has 0 bridgehead atoms. The monoisotopic (exact) mass is 526 g/mol. The summed E-state index contributed by atoms with van der Waals surface area (Å²) in [5.74, 6) is 0.708. The summed E-state index contributed by atoms with van der Waals surface area (Å²) in [5.41, 5.74) is 0. The van der Waals surface area contributed by atoms with E-state index in [4.69, 9.17) is 25.9 Å². The van der Waals surface area contributed by atoms with Gasteiger partial charge in [-0.2, -0.15) is 0 Å². The van der Waals surface area contributed by atoms with Gasteiger partial charge < -0.3 is 0 Å². The van der Waals surface area contributed by atoms with E-state index in [2.05, 4.69) is 18.5 Å². The van der Waals surface area contributed by atoms with Gasteiger partial charge in [0.15, 0.2) is 0 Å². The molecule has 0 saturated heterocycles. The molecule has 7 heteroatoms. The maximum atomic E-state index is 12.4. The normalized spacial score (nSPS) is 14.4. The Labute approximate surface area is 216 Å². The minimum absolute atomic E-state index is 0.141. The van der Waals surface area contributed by atoms with Crippen LogP contribution in [0.5, 0.6) is 0 Å². The van der Waals surface area contributed by atoms with Gasteiger partial charge in [-0.25, -0.2) is 9.82 Å². The Morgan fingerprint density at radius 1 is 0.647 bits per heavy atom. The molecule has 0 aliphatic heterocycles. The van der Waals surface area contributed by atoms with Crippen LogP contribution in [0.4, 0.5) is 0 Å². The lowest BCUT2D eigenvalue weighted by Crippen LogP contribution is -2.11. The average molecular weight is 527 g/mol. The lowest BCUT2D eigenvalue weighted by Gasteiger charge is -2.20. The van der Waals surface area contributed by atoms with E-state index >= 15 is 0 Å². The molecule has 0 aromatic heterocycles. The standard InChI is InChI=1S/C27H56ClO5P/c1-3-5-7-9-11-13-14-16-18-20-23-27(22-19-17-15-12-10-8-6-4-2)26-32-34(30,33-29)31-25-21-24-28/h27,29H,3-26H2,1-2H3. The van der Waals surface area contributed by atoms with Gasteiger partial charge in [0, 0.05) is 5.88 Å². The maximum absolute atomic E-state index is 12.4. The number of unbranched alkanes of at least 4 members (excludes halogenated alkanes) is 16. The molecule has 0 fully saturated rings. The smallest absolute Gasteiger partial charge is 0.285 e. The lowest BCUT2D eigenvalue weighted by atomic mass is 9.94. The highest BCUT2D eigenvalue weighted by atomic mass is 35.5. The molecule has 0 amide bonds. The summed E-state index contributed by atoms with van der Waals surface area (Å²) in [6.07, 6.45) is 26.2. The van der Waals surface area contributed by atoms with Gasteiger partial charge in [0.1, 0.15) is 0 Å². The molecular weight excluding hydrogens is 471 g/mol. The topological polar surface area (TPSA) is 65.0 Å². The molecule has 5 nitrogen and oxygen atoms in total. The molecule has 1 N–H and O–H groups in total. The summed E-state index contributed by atoms with van der Waals surface area (Å²) in [4.78, 5) is 0. The quantitative estimate of drug-likeness (QED) is 0.0361. The molecule has 0 heterocycles. The third kappa shape index (κ3) is 22.8. The van der Waals surface area contributed by atoms with Gasteiger partial charge in [-0.15, -0.1) is 16.3 Å². The number of phosphoric ester groups is 1. The van der Waals surface area contributed by atoms with Gasteiger partial charge in [0.2, 0.25) is 0 Å². The van der Waals surface area contributed by atoms with Crippen LogP contribution in [0.2, 0.25) is 0 Å². The summed E-state index contributed by atoms with van der Waals surface area (Å²) < 4.78 is 27.2. The number of rotatable bonds is 28. The van der Waals surface area contributed by atoms with Crippen molar-refractivity contribution >= 4 is 19.4 Å². The lowest BCUT2D eigenvalue weighted by molar-refractivity contribution is -0.167. The first-order valence-electron chi connectivity index (χ1n) is 14.4. The highest BCUT2D eigenvalue weighted by molar-refractivity contribution is 7.48. The second-order valence-corrected chi connectivity index (χ2v) is 11.8. The molecule has 2 unspecified atom stereocenters. The van der Waals surface area contributed by atoms with Crippen molar-refractivity contribution in [3.05, 3.63) is 0 Å². The van der Waals surface area contributed by atoms with Crippen molar-refractivity contribution < 1.29 is 23.5 Å². The van der Waals surface area contributed by atoms with Crippen molar-refractivity contribution in [1.29, 1.82) is 0 Å². The molecule has 206 valence electrons. The molecule has 0 aliphatic rings. The molecule has 0 rings (SSSR count). The van der Waals surface area contributed by atoms with E-state index in [9.17, 15) is 4.57 Å². The van der Waals surface area contributed by atoms with Crippen molar-refractivity contribution in [2.45, 2.75) is 149 Å². The third-order valence-corrected chi connectivity index (χ3v) is 7.96. The van der Waals surface area contributed by atoms with Crippen LogP contribution in [0.25, 0.3) is 0 Å². The molecule has 0 spiro atoms. The highest BCUT2D eigenvalue weighted by Gasteiger charge is 2.28. The Morgan fingerprint density at radius 3 is 1.44 bits per heavy atom. The van der Waals surface area contributed by atoms with E-state index in [0.717, 1.165) is 25.7 Å². The van der Waals surface area contributed by atoms with E-state index in [1.165, 1.54) is 103 Å². The first-order valence-corrected chi connectivity index (χ1v) is 16.4. The Kier molecular flexibility index (Phi) is 26.7. The van der Waals surface area contributed by atoms with E-state index < -0.39 is 7.82 Å². The number of halogens is 1. The Bertz CT molecular complexity index is 453. The van der Waals surface area contributed by atoms with Crippen LogP contribution >= 0.6 is 19.4 Å². The Morgan fingerprint density at radius 2 is 1.06 bits per heavy atom. The largest absolute Gasteiger partial charge is 0.501 e. The number of alkyl halides is 1. The zero-order valence-corrected chi connectivity index (χ0v) is 24.1. The van der Waals surface area contributed by atoms with Crippen LogP contribution in [0.1, 0.15) is 149 Å². The van der Waals surface area contributed by atoms with Gasteiger partial charge in [0.25, 0.3) is 0 Å². The third-order valence-electron chi connectivity index (χ3n) is 6.53. The van der Waals surface area contributed by atoms with Crippen LogP contribution in [0.3, 0.4) is 0 Å². The zero-order chi connectivity index (χ0) is 25.2. The predicted octanol–water partition coefficient (Wildman–Crippen LogP) is 10.7. The maximum Gasteiger partial charge on any atom is 0.501 e. The molecule has 0 aromatic rings. The van der Waals surface area contributed by atoms with Gasteiger partial charge in [-0.1, -0.05) is 129 Å². The molecule has 0 radical (unpaired) electrons. The number of hydrogen-bond acceptors (Lipinski definition) is 5. The Hall–Kier alpha value is 0.360. The van der Waals surface area contributed by atoms with Gasteiger partial charge >= 0.3 is 7.82 Å². The zero-order valence-electron chi connectivity index (χ0n) is 22.5. The van der Waals surface area contributed by atoms with E-state index in [1.807, 2.05) is 0 Å². The van der Waals surface area contributed by atoms with Crippen molar-refractivity contribution in [2.24, 2.45) is 5.92 Å². The SMILES string of the molecule is CCCCCCCCCCCCC(CCCCCCCCCC)COP(=O)(OO)OCCCCl. The second-order valence-electron chi connectivity index (χ2n) is 9.80. The van der Waals surface area contributed by atoms with Gasteiger partial charge in [-0.3, -0.25) is 9.05 Å². The highest BCUT2D eigenvalue weighted by Crippen LogP contribution is 2.49. The summed E-state index contributed by atoms with van der Waals surface area (Å²) in [7, 11) is -3.91. The summed E-state index contributed by atoms with van der Waals surface area (Å²) in [5, 5.41) is 9.05. The minimum atomic E-state index is -3.91. The Balaban J connectivity index is 4.22. The van der Waals surface area contributed by atoms with Gasteiger partial charge in [0.05, 0.1) is 13.2 Å². The number of phosphoric acid groups is 1. The molecular formula is C27H56ClO5P. The van der Waals surface area contributed by atoms with Crippen molar-refractivity contribution in [3.8, 4) is 0 Å². The van der Waals surface area contributed by atoms with Crippen LogP contribution in [-0.4, -0.2) is 24.4 Å². The van der Waals surface area contributed by atoms with Crippen LogP contribution in [0.15, 0.2) is 0 Å². The first-order chi connectivity index (χ1) is 16.6. The summed E-state index contributed by atoms with van der Waals surface area (Å²) in [6.45, 7) is 4.95. The first kappa shape index (κ1) is 34.4. The van der Waals surface area contributed by atoms with E-state index in [-0.39, 0.29) is 6.61 Å².